The normalized spacial score (nSPS) is 10.9. The average Bonchev–Trinajstić information content (AvgIpc) is 2.97. The number of H-pyrrole nitrogens is 1. The van der Waals surface area contributed by atoms with Crippen molar-refractivity contribution in [1.29, 1.82) is 0 Å². The minimum atomic E-state index is 0.787. The Morgan fingerprint density at radius 1 is 1.10 bits per heavy atom. The van der Waals surface area contributed by atoms with E-state index in [0.29, 0.717) is 0 Å². The van der Waals surface area contributed by atoms with Crippen LogP contribution in [0.25, 0.3) is 11.0 Å². The highest BCUT2D eigenvalue weighted by Crippen LogP contribution is 2.22. The summed E-state index contributed by atoms with van der Waals surface area (Å²) in [5.41, 5.74) is 1.80. The molecule has 0 radical (unpaired) electrons. The van der Waals surface area contributed by atoms with E-state index >= 15 is 0 Å². The molecule has 3 aromatic rings. The predicted octanol–water partition coefficient (Wildman–Crippen LogP) is 3.83. The number of benzene rings is 1. The molecule has 0 bridgehead atoms. The molecule has 5 nitrogen and oxygen atoms in total. The van der Waals surface area contributed by atoms with E-state index in [-0.39, 0.29) is 0 Å². The standard InChI is InChI=1S/C16H19N5/c1-2-3-5-10-14-19-15(13-11-17-21-16(13)20-14)18-12-8-6-4-7-9-12/h4,6-9,11H,2-3,5,10H2,1H3,(H2,17,18,19,20,21). The highest BCUT2D eigenvalue weighted by Gasteiger charge is 2.09. The van der Waals surface area contributed by atoms with Crippen LogP contribution in [-0.4, -0.2) is 20.2 Å². The van der Waals surface area contributed by atoms with E-state index in [9.17, 15) is 0 Å². The summed E-state index contributed by atoms with van der Waals surface area (Å²) in [5.74, 6) is 1.67. The van der Waals surface area contributed by atoms with Gasteiger partial charge in [0.05, 0.1) is 11.6 Å². The van der Waals surface area contributed by atoms with Crippen LogP contribution in [0, 0.1) is 0 Å². The first-order chi connectivity index (χ1) is 10.4. The number of nitrogens with one attached hydrogen (secondary N) is 2. The van der Waals surface area contributed by atoms with Crippen LogP contribution in [0.1, 0.15) is 32.0 Å². The topological polar surface area (TPSA) is 66.5 Å². The maximum absolute atomic E-state index is 4.66. The maximum atomic E-state index is 4.66. The van der Waals surface area contributed by atoms with Gasteiger partial charge in [-0.1, -0.05) is 38.0 Å². The number of rotatable bonds is 6. The average molecular weight is 281 g/mol. The van der Waals surface area contributed by atoms with Gasteiger partial charge in [0.25, 0.3) is 0 Å². The second-order valence-corrected chi connectivity index (χ2v) is 5.07. The van der Waals surface area contributed by atoms with Gasteiger partial charge in [0, 0.05) is 12.1 Å². The van der Waals surface area contributed by atoms with Crippen LogP contribution in [-0.2, 0) is 6.42 Å². The zero-order chi connectivity index (χ0) is 14.5. The monoisotopic (exact) mass is 281 g/mol. The Hall–Kier alpha value is -2.43. The Balaban J connectivity index is 1.90. The van der Waals surface area contributed by atoms with Gasteiger partial charge in [0.15, 0.2) is 5.65 Å². The number of fused-ring (bicyclic) bond motifs is 1. The molecular weight excluding hydrogens is 262 g/mol. The highest BCUT2D eigenvalue weighted by atomic mass is 15.2. The molecule has 0 fully saturated rings. The van der Waals surface area contributed by atoms with Crippen LogP contribution in [0.5, 0.6) is 0 Å². The lowest BCUT2D eigenvalue weighted by Crippen LogP contribution is -2.01. The smallest absolute Gasteiger partial charge is 0.161 e. The van der Waals surface area contributed by atoms with Gasteiger partial charge in [-0.05, 0) is 18.6 Å². The van der Waals surface area contributed by atoms with Gasteiger partial charge in [-0.25, -0.2) is 9.97 Å². The molecule has 108 valence electrons. The third-order valence-corrected chi connectivity index (χ3v) is 3.40. The van der Waals surface area contributed by atoms with Crippen molar-refractivity contribution in [2.45, 2.75) is 32.6 Å². The van der Waals surface area contributed by atoms with Crippen LogP contribution in [0.15, 0.2) is 36.5 Å². The molecule has 0 aliphatic heterocycles. The van der Waals surface area contributed by atoms with Crippen molar-refractivity contribution in [2.75, 3.05) is 5.32 Å². The van der Waals surface area contributed by atoms with Gasteiger partial charge >= 0.3 is 0 Å². The van der Waals surface area contributed by atoms with Crippen LogP contribution in [0.2, 0.25) is 0 Å². The predicted molar refractivity (Wildman–Crippen MR) is 84.6 cm³/mol. The first-order valence-corrected chi connectivity index (χ1v) is 7.39. The van der Waals surface area contributed by atoms with E-state index < -0.39 is 0 Å². The number of aromatic amines is 1. The third-order valence-electron chi connectivity index (χ3n) is 3.40. The van der Waals surface area contributed by atoms with Gasteiger partial charge in [-0.3, -0.25) is 5.10 Å². The Bertz CT molecular complexity index is 705. The molecule has 2 heterocycles. The van der Waals surface area contributed by atoms with Gasteiger partial charge in [0.2, 0.25) is 0 Å². The molecule has 0 unspecified atom stereocenters. The molecule has 0 aliphatic rings. The quantitative estimate of drug-likeness (QED) is 0.674. The fourth-order valence-electron chi connectivity index (χ4n) is 2.28. The fraction of sp³-hybridized carbons (Fsp3) is 0.312. The molecule has 0 aliphatic carbocycles. The number of para-hydroxylation sites is 1. The number of hydrogen-bond donors (Lipinski definition) is 2. The molecule has 0 saturated carbocycles. The molecule has 1 aromatic carbocycles. The minimum absolute atomic E-state index is 0.787. The number of aryl methyl sites for hydroxylation is 1. The number of nitrogens with zero attached hydrogens (tertiary/aromatic N) is 3. The Morgan fingerprint density at radius 2 is 1.95 bits per heavy atom. The highest BCUT2D eigenvalue weighted by molar-refractivity contribution is 5.87. The molecule has 2 N–H and O–H groups in total. The summed E-state index contributed by atoms with van der Waals surface area (Å²) in [6, 6.07) is 10.0. The summed E-state index contributed by atoms with van der Waals surface area (Å²) in [6.07, 6.45) is 6.16. The Kier molecular flexibility index (Phi) is 4.09. The van der Waals surface area contributed by atoms with Crippen molar-refractivity contribution in [3.8, 4) is 0 Å². The van der Waals surface area contributed by atoms with Crippen molar-refractivity contribution in [2.24, 2.45) is 0 Å². The molecule has 0 amide bonds. The summed E-state index contributed by atoms with van der Waals surface area (Å²) in [7, 11) is 0. The number of unbranched alkanes of at least 4 members (excludes halogenated alkanes) is 2. The van der Waals surface area contributed by atoms with E-state index in [1.807, 2.05) is 30.3 Å². The lowest BCUT2D eigenvalue weighted by atomic mass is 10.2. The molecule has 0 spiro atoms. The fourth-order valence-corrected chi connectivity index (χ4v) is 2.28. The molecule has 0 saturated heterocycles. The second kappa shape index (κ2) is 6.35. The molecule has 0 atom stereocenters. The molecule has 5 heteroatoms. The van der Waals surface area contributed by atoms with Crippen LogP contribution < -0.4 is 5.32 Å². The zero-order valence-corrected chi connectivity index (χ0v) is 12.1. The van der Waals surface area contributed by atoms with Crippen LogP contribution >= 0.6 is 0 Å². The molecule has 3 rings (SSSR count). The molecule has 2 aromatic heterocycles. The van der Waals surface area contributed by atoms with Gasteiger partial charge < -0.3 is 5.32 Å². The zero-order valence-electron chi connectivity index (χ0n) is 12.1. The van der Waals surface area contributed by atoms with E-state index in [1.54, 1.807) is 6.20 Å². The van der Waals surface area contributed by atoms with Crippen molar-refractivity contribution in [3.63, 3.8) is 0 Å². The molecular formula is C16H19N5. The summed E-state index contributed by atoms with van der Waals surface area (Å²) in [6.45, 7) is 2.20. The van der Waals surface area contributed by atoms with E-state index in [1.165, 1.54) is 12.8 Å². The number of aromatic nitrogens is 4. The maximum Gasteiger partial charge on any atom is 0.161 e. The first-order valence-electron chi connectivity index (χ1n) is 7.39. The SMILES string of the molecule is CCCCCc1nc(Nc2ccccc2)c2cn[nH]c2n1. The number of anilines is 2. The first kappa shape index (κ1) is 13.5. The second-order valence-electron chi connectivity index (χ2n) is 5.07. The largest absolute Gasteiger partial charge is 0.340 e. The summed E-state index contributed by atoms with van der Waals surface area (Å²) < 4.78 is 0. The Morgan fingerprint density at radius 3 is 2.76 bits per heavy atom. The van der Waals surface area contributed by atoms with Gasteiger partial charge in [-0.15, -0.1) is 0 Å². The summed E-state index contributed by atoms with van der Waals surface area (Å²) >= 11 is 0. The van der Waals surface area contributed by atoms with Crippen LogP contribution in [0.4, 0.5) is 11.5 Å². The van der Waals surface area contributed by atoms with Gasteiger partial charge in [-0.2, -0.15) is 5.10 Å². The van der Waals surface area contributed by atoms with Gasteiger partial charge in [0.1, 0.15) is 11.6 Å². The third kappa shape index (κ3) is 3.18. The molecule has 21 heavy (non-hydrogen) atoms. The summed E-state index contributed by atoms with van der Waals surface area (Å²) in [5, 5.41) is 11.3. The van der Waals surface area contributed by atoms with E-state index in [2.05, 4.69) is 32.4 Å². The van der Waals surface area contributed by atoms with E-state index in [0.717, 1.165) is 41.2 Å². The van der Waals surface area contributed by atoms with Crippen LogP contribution in [0.3, 0.4) is 0 Å². The van der Waals surface area contributed by atoms with E-state index in [4.69, 9.17) is 0 Å². The number of hydrogen-bond acceptors (Lipinski definition) is 4. The lowest BCUT2D eigenvalue weighted by Gasteiger charge is -2.08. The van der Waals surface area contributed by atoms with Crippen molar-refractivity contribution in [3.05, 3.63) is 42.4 Å². The summed E-state index contributed by atoms with van der Waals surface area (Å²) in [4.78, 5) is 9.20. The van der Waals surface area contributed by atoms with Crippen molar-refractivity contribution >= 4 is 22.5 Å². The minimum Gasteiger partial charge on any atom is -0.340 e. The van der Waals surface area contributed by atoms with Crippen molar-refractivity contribution < 1.29 is 0 Å². The van der Waals surface area contributed by atoms with Crippen molar-refractivity contribution in [1.82, 2.24) is 20.2 Å². The Labute approximate surface area is 123 Å². The lowest BCUT2D eigenvalue weighted by molar-refractivity contribution is 0.696.